The van der Waals surface area contributed by atoms with Crippen molar-refractivity contribution in [1.82, 2.24) is 5.32 Å². The zero-order chi connectivity index (χ0) is 10.8. The molecular weight excluding hydrogens is 238 g/mol. The summed E-state index contributed by atoms with van der Waals surface area (Å²) >= 11 is 3.59. The number of halogens is 1. The zero-order valence-electron chi connectivity index (χ0n) is 9.26. The summed E-state index contributed by atoms with van der Waals surface area (Å²) in [6.45, 7) is 6.69. The van der Waals surface area contributed by atoms with E-state index in [0.29, 0.717) is 5.92 Å². The predicted molar refractivity (Wildman–Crippen MR) is 65.7 cm³/mol. The highest BCUT2D eigenvalue weighted by Gasteiger charge is 2.25. The van der Waals surface area contributed by atoms with E-state index in [1.165, 1.54) is 10.0 Å². The van der Waals surface area contributed by atoms with Gasteiger partial charge in [0.15, 0.2) is 0 Å². The lowest BCUT2D eigenvalue weighted by molar-refractivity contribution is 0.359. The third-order valence-electron chi connectivity index (χ3n) is 3.10. The molecule has 0 fully saturated rings. The van der Waals surface area contributed by atoms with Crippen LogP contribution in [0.2, 0.25) is 0 Å². The molecular formula is C12H18BrN. The molecule has 0 saturated heterocycles. The van der Waals surface area contributed by atoms with Gasteiger partial charge in [0.25, 0.3) is 0 Å². The minimum absolute atomic E-state index is 0.115. The van der Waals surface area contributed by atoms with Crippen molar-refractivity contribution >= 4 is 15.9 Å². The molecule has 0 aromatic heterocycles. The Morgan fingerprint density at radius 1 is 1.29 bits per heavy atom. The van der Waals surface area contributed by atoms with Crippen LogP contribution in [0, 0.1) is 0 Å². The summed E-state index contributed by atoms with van der Waals surface area (Å²) in [4.78, 5) is 0. The fourth-order valence-electron chi connectivity index (χ4n) is 1.43. The van der Waals surface area contributed by atoms with Crippen molar-refractivity contribution in [3.8, 4) is 0 Å². The molecule has 78 valence electrons. The number of nitrogens with one attached hydrogen (secondary N) is 1. The van der Waals surface area contributed by atoms with E-state index in [2.05, 4.69) is 60.2 Å². The van der Waals surface area contributed by atoms with Crippen LogP contribution in [0.5, 0.6) is 0 Å². The largest absolute Gasteiger partial charge is 0.314 e. The minimum Gasteiger partial charge on any atom is -0.314 e. The summed E-state index contributed by atoms with van der Waals surface area (Å²) in [6, 6.07) is 8.40. The van der Waals surface area contributed by atoms with Gasteiger partial charge >= 0.3 is 0 Å². The zero-order valence-corrected chi connectivity index (χ0v) is 10.9. The fraction of sp³-hybridized carbons (Fsp3) is 0.500. The molecule has 2 heteroatoms. The number of hydrogen-bond acceptors (Lipinski definition) is 1. The topological polar surface area (TPSA) is 12.0 Å². The number of rotatable bonds is 3. The molecule has 1 nitrogen and oxygen atoms in total. The molecule has 0 amide bonds. The highest BCUT2D eigenvalue weighted by atomic mass is 79.9. The molecule has 0 aliphatic rings. The summed E-state index contributed by atoms with van der Waals surface area (Å²) in [5.74, 6) is 0.475. The van der Waals surface area contributed by atoms with Crippen molar-refractivity contribution in [2.45, 2.75) is 32.2 Å². The molecule has 0 spiro atoms. The summed E-state index contributed by atoms with van der Waals surface area (Å²) in [5.41, 5.74) is 1.47. The summed E-state index contributed by atoms with van der Waals surface area (Å²) in [5, 5.41) is 3.35. The second-order valence-electron chi connectivity index (χ2n) is 4.21. The molecule has 0 aliphatic heterocycles. The lowest BCUT2D eigenvalue weighted by Crippen LogP contribution is -2.41. The van der Waals surface area contributed by atoms with Crippen LogP contribution >= 0.6 is 15.9 Å². The van der Waals surface area contributed by atoms with Crippen LogP contribution in [-0.2, 0) is 0 Å². The lowest BCUT2D eigenvalue weighted by atomic mass is 9.83. The van der Waals surface area contributed by atoms with Gasteiger partial charge in [-0.3, -0.25) is 0 Å². The first-order valence-electron chi connectivity index (χ1n) is 4.92. The molecule has 1 unspecified atom stereocenters. The third kappa shape index (κ3) is 2.37. The monoisotopic (exact) mass is 255 g/mol. The maximum Gasteiger partial charge on any atom is 0.0210 e. The normalized spacial score (nSPS) is 14.1. The van der Waals surface area contributed by atoms with Gasteiger partial charge in [0, 0.05) is 10.0 Å². The highest BCUT2D eigenvalue weighted by molar-refractivity contribution is 9.10. The van der Waals surface area contributed by atoms with Crippen molar-refractivity contribution in [3.05, 3.63) is 34.3 Å². The second-order valence-corrected chi connectivity index (χ2v) is 5.07. The van der Waals surface area contributed by atoms with Gasteiger partial charge in [-0.15, -0.1) is 0 Å². The summed E-state index contributed by atoms with van der Waals surface area (Å²) in [6.07, 6.45) is 0. The van der Waals surface area contributed by atoms with E-state index in [-0.39, 0.29) is 5.54 Å². The van der Waals surface area contributed by atoms with Crippen LogP contribution in [0.3, 0.4) is 0 Å². The van der Waals surface area contributed by atoms with Gasteiger partial charge in [0.05, 0.1) is 0 Å². The first-order valence-corrected chi connectivity index (χ1v) is 5.71. The molecule has 0 heterocycles. The molecule has 14 heavy (non-hydrogen) atoms. The predicted octanol–water partition coefficient (Wildman–Crippen LogP) is 3.55. The first kappa shape index (κ1) is 11.7. The van der Waals surface area contributed by atoms with Crippen LogP contribution < -0.4 is 5.32 Å². The Morgan fingerprint density at radius 3 is 2.36 bits per heavy atom. The Bertz CT molecular complexity index is 307. The Labute approximate surface area is 95.0 Å². The van der Waals surface area contributed by atoms with Crippen molar-refractivity contribution in [2.24, 2.45) is 0 Å². The van der Waals surface area contributed by atoms with Crippen molar-refractivity contribution in [3.63, 3.8) is 0 Å². The van der Waals surface area contributed by atoms with Gasteiger partial charge in [0.1, 0.15) is 0 Å². The first-order chi connectivity index (χ1) is 6.49. The maximum absolute atomic E-state index is 3.59. The van der Waals surface area contributed by atoms with E-state index < -0.39 is 0 Å². The Hall–Kier alpha value is -0.340. The van der Waals surface area contributed by atoms with Crippen LogP contribution in [0.15, 0.2) is 28.7 Å². The molecule has 1 aromatic carbocycles. The molecule has 0 bridgehead atoms. The smallest absolute Gasteiger partial charge is 0.0210 e. The molecule has 0 saturated carbocycles. The average molecular weight is 256 g/mol. The SMILES string of the molecule is CNC(C)(C)C(C)c1ccccc1Br. The van der Waals surface area contributed by atoms with E-state index in [9.17, 15) is 0 Å². The van der Waals surface area contributed by atoms with Crippen LogP contribution in [0.25, 0.3) is 0 Å². The quantitative estimate of drug-likeness (QED) is 0.872. The van der Waals surface area contributed by atoms with Crippen LogP contribution in [0.1, 0.15) is 32.3 Å². The molecule has 1 atom stereocenters. The summed E-state index contributed by atoms with van der Waals surface area (Å²) in [7, 11) is 2.01. The molecule has 0 aliphatic carbocycles. The van der Waals surface area contributed by atoms with Crippen molar-refractivity contribution in [1.29, 1.82) is 0 Å². The number of likely N-dealkylation sites (N-methyl/N-ethyl adjacent to an activating group) is 1. The Morgan fingerprint density at radius 2 is 1.86 bits per heavy atom. The van der Waals surface area contributed by atoms with Gasteiger partial charge in [0.2, 0.25) is 0 Å². The molecule has 1 aromatic rings. The second kappa shape index (κ2) is 4.45. The number of benzene rings is 1. The van der Waals surface area contributed by atoms with E-state index >= 15 is 0 Å². The number of hydrogen-bond donors (Lipinski definition) is 1. The van der Waals surface area contributed by atoms with Gasteiger partial charge in [-0.1, -0.05) is 41.1 Å². The van der Waals surface area contributed by atoms with Crippen LogP contribution in [0.4, 0.5) is 0 Å². The van der Waals surface area contributed by atoms with E-state index in [1.807, 2.05) is 13.1 Å². The molecule has 1 N–H and O–H groups in total. The maximum atomic E-state index is 3.59. The van der Waals surface area contributed by atoms with E-state index in [0.717, 1.165) is 0 Å². The third-order valence-corrected chi connectivity index (χ3v) is 3.82. The lowest BCUT2D eigenvalue weighted by Gasteiger charge is -2.32. The Balaban J connectivity index is 3.00. The van der Waals surface area contributed by atoms with Crippen molar-refractivity contribution < 1.29 is 0 Å². The minimum atomic E-state index is 0.115. The average Bonchev–Trinajstić information content (AvgIpc) is 2.17. The van der Waals surface area contributed by atoms with Crippen LogP contribution in [-0.4, -0.2) is 12.6 Å². The van der Waals surface area contributed by atoms with Gasteiger partial charge < -0.3 is 5.32 Å². The standard InChI is InChI=1S/C12H18BrN/c1-9(12(2,3)14-4)10-7-5-6-8-11(10)13/h5-9,14H,1-4H3. The van der Waals surface area contributed by atoms with E-state index in [4.69, 9.17) is 0 Å². The molecule has 1 rings (SSSR count). The van der Waals surface area contributed by atoms with Gasteiger partial charge in [-0.05, 0) is 38.4 Å². The Kier molecular flexibility index (Phi) is 3.73. The molecule has 0 radical (unpaired) electrons. The van der Waals surface area contributed by atoms with Crippen molar-refractivity contribution in [2.75, 3.05) is 7.05 Å². The van der Waals surface area contributed by atoms with Gasteiger partial charge in [-0.2, -0.15) is 0 Å². The fourth-order valence-corrected chi connectivity index (χ4v) is 2.06. The van der Waals surface area contributed by atoms with Gasteiger partial charge in [-0.25, -0.2) is 0 Å². The summed E-state index contributed by atoms with van der Waals surface area (Å²) < 4.78 is 1.19. The highest BCUT2D eigenvalue weighted by Crippen LogP contribution is 2.32. The van der Waals surface area contributed by atoms with E-state index in [1.54, 1.807) is 0 Å².